The molecule has 2 aromatic heterocycles. The lowest BCUT2D eigenvalue weighted by Crippen LogP contribution is -2.25. The molecule has 1 aliphatic heterocycles. The topological polar surface area (TPSA) is 33.5 Å². The molecule has 0 spiro atoms. The van der Waals surface area contributed by atoms with Crippen LogP contribution in [0, 0.1) is 0 Å². The summed E-state index contributed by atoms with van der Waals surface area (Å²) < 4.78 is 9.46. The zero-order valence-corrected chi connectivity index (χ0v) is 41.6. The summed E-state index contributed by atoms with van der Waals surface area (Å²) in [6.45, 7) is 25.8. The van der Waals surface area contributed by atoms with Crippen LogP contribution in [0.4, 0.5) is 22.7 Å². The molecule has 10 rings (SSSR count). The Morgan fingerprint density at radius 2 is 1.01 bits per heavy atom. The van der Waals surface area contributed by atoms with Gasteiger partial charge in [0.15, 0.2) is 0 Å². The molecular weight excluding hydrogens is 829 g/mol. The highest BCUT2D eigenvalue weighted by Crippen LogP contribution is 2.48. The zero-order valence-electron chi connectivity index (χ0n) is 41.6. The molecule has 0 saturated carbocycles. The van der Waals surface area contributed by atoms with Crippen LogP contribution in [0.25, 0.3) is 38.8 Å². The van der Waals surface area contributed by atoms with Gasteiger partial charge in [0.05, 0.1) is 22.4 Å². The molecular formula is C63H64N4O. The van der Waals surface area contributed by atoms with Crippen LogP contribution in [0.2, 0.25) is 0 Å². The van der Waals surface area contributed by atoms with E-state index >= 15 is 0 Å². The van der Waals surface area contributed by atoms with Gasteiger partial charge >= 0.3 is 0 Å². The number of ether oxygens (including phenoxy) is 1. The van der Waals surface area contributed by atoms with Crippen LogP contribution < -0.4 is 14.5 Å². The fourth-order valence-electron chi connectivity index (χ4n) is 9.75. The molecule has 342 valence electrons. The number of rotatable bonds is 8. The molecule has 0 unspecified atom stereocenters. The van der Waals surface area contributed by atoms with Crippen molar-refractivity contribution in [3.63, 3.8) is 0 Å². The average Bonchev–Trinajstić information content (AvgIpc) is 3.87. The van der Waals surface area contributed by atoms with Crippen LogP contribution in [-0.4, -0.2) is 16.2 Å². The maximum absolute atomic E-state index is 7.14. The SMILES string of the molecule is CC(C)(C)c1cc(-c2ccccc2)cc(N2CN(c3cc(Oc4ccc5c6cc(C(C)(C)C)ccc6n(-c6cc(C(C)(C)C)ccn6)c5c4)cc(C(C)(C)c4ccccc4)c3)c3ccccc32)c1. The van der Waals surface area contributed by atoms with Crippen molar-refractivity contribution >= 4 is 44.6 Å². The van der Waals surface area contributed by atoms with Crippen LogP contribution in [0.15, 0.2) is 176 Å². The Kier molecular flexibility index (Phi) is 10.9. The Balaban J connectivity index is 1.11. The molecule has 0 fully saturated rings. The number of pyridine rings is 1. The number of benzene rings is 7. The van der Waals surface area contributed by atoms with E-state index in [0.717, 1.165) is 39.7 Å². The summed E-state index contributed by atoms with van der Waals surface area (Å²) in [5.41, 5.74) is 15.0. The number of nitrogens with zero attached hydrogens (tertiary/aromatic N) is 4. The molecule has 9 aromatic rings. The summed E-state index contributed by atoms with van der Waals surface area (Å²) in [5, 5.41) is 2.37. The number of aromatic nitrogens is 2. The second kappa shape index (κ2) is 16.6. The molecule has 0 saturated heterocycles. The maximum Gasteiger partial charge on any atom is 0.137 e. The van der Waals surface area contributed by atoms with E-state index in [1.165, 1.54) is 61.1 Å². The Labute approximate surface area is 403 Å². The van der Waals surface area contributed by atoms with E-state index in [4.69, 9.17) is 9.72 Å². The molecule has 3 heterocycles. The standard InChI is InChI=1S/C63H64N4O/c1-60(2,3)45-26-29-55-54(37-45)53-28-27-51(40-58(53)67(55)59-38-46(30-31-64-59)61(4,5)6)68-52-36-48(63(10,11)44-22-16-13-17-23-44)35-50(39-52)66-41-65(56-24-18-19-25-57(56)66)49-33-43(42-20-14-12-15-21-42)32-47(34-49)62(7,8)9/h12-40H,41H2,1-11H3. The van der Waals surface area contributed by atoms with Crippen LogP contribution in [0.3, 0.4) is 0 Å². The smallest absolute Gasteiger partial charge is 0.137 e. The highest BCUT2D eigenvalue weighted by atomic mass is 16.5. The number of fused-ring (bicyclic) bond motifs is 4. The summed E-state index contributed by atoms with van der Waals surface area (Å²) in [5.74, 6) is 2.44. The van der Waals surface area contributed by atoms with Crippen molar-refractivity contribution in [1.29, 1.82) is 0 Å². The van der Waals surface area contributed by atoms with Crippen molar-refractivity contribution in [2.24, 2.45) is 0 Å². The van der Waals surface area contributed by atoms with Gasteiger partial charge in [0.25, 0.3) is 0 Å². The van der Waals surface area contributed by atoms with E-state index in [-0.39, 0.29) is 21.7 Å². The van der Waals surface area contributed by atoms with E-state index < -0.39 is 0 Å². The van der Waals surface area contributed by atoms with Crippen molar-refractivity contribution in [2.45, 2.75) is 97.8 Å². The molecule has 0 atom stereocenters. The fourth-order valence-corrected chi connectivity index (χ4v) is 9.75. The normalized spacial score (nSPS) is 13.4. The Bertz CT molecular complexity index is 3320. The van der Waals surface area contributed by atoms with E-state index in [1.807, 2.05) is 6.20 Å². The molecule has 5 nitrogen and oxygen atoms in total. The number of para-hydroxylation sites is 2. The second-order valence-corrected chi connectivity index (χ2v) is 22.3. The van der Waals surface area contributed by atoms with E-state index in [1.54, 1.807) is 0 Å². The van der Waals surface area contributed by atoms with Gasteiger partial charge in [0.1, 0.15) is 24.0 Å². The number of anilines is 4. The van der Waals surface area contributed by atoms with Gasteiger partial charge in [0.2, 0.25) is 0 Å². The molecule has 0 amide bonds. The Morgan fingerprint density at radius 3 is 1.68 bits per heavy atom. The molecule has 5 heteroatoms. The summed E-state index contributed by atoms with van der Waals surface area (Å²) in [7, 11) is 0. The van der Waals surface area contributed by atoms with Gasteiger partial charge in [-0.25, -0.2) is 4.98 Å². The lowest BCUT2D eigenvalue weighted by atomic mass is 9.78. The minimum atomic E-state index is -0.329. The molecule has 68 heavy (non-hydrogen) atoms. The summed E-state index contributed by atoms with van der Waals surface area (Å²) in [4.78, 5) is 9.91. The third kappa shape index (κ3) is 8.33. The van der Waals surface area contributed by atoms with E-state index in [2.05, 4.69) is 260 Å². The quantitative estimate of drug-likeness (QED) is 0.152. The largest absolute Gasteiger partial charge is 0.457 e. The van der Waals surface area contributed by atoms with E-state index in [9.17, 15) is 0 Å². The second-order valence-electron chi connectivity index (χ2n) is 22.3. The molecule has 7 aromatic carbocycles. The highest BCUT2D eigenvalue weighted by molar-refractivity contribution is 6.10. The Hall–Kier alpha value is -7.11. The monoisotopic (exact) mass is 893 g/mol. The predicted octanol–water partition coefficient (Wildman–Crippen LogP) is 17.1. The van der Waals surface area contributed by atoms with Crippen molar-refractivity contribution < 1.29 is 4.74 Å². The third-order valence-corrected chi connectivity index (χ3v) is 14.0. The first-order chi connectivity index (χ1) is 32.3. The molecule has 0 N–H and O–H groups in total. The summed E-state index contributed by atoms with van der Waals surface area (Å²) in [6.07, 6.45) is 1.94. The van der Waals surface area contributed by atoms with Crippen LogP contribution >= 0.6 is 0 Å². The zero-order chi connectivity index (χ0) is 47.8. The van der Waals surface area contributed by atoms with Crippen molar-refractivity contribution in [3.8, 4) is 28.4 Å². The van der Waals surface area contributed by atoms with Gasteiger partial charge in [-0.1, -0.05) is 161 Å². The Morgan fingerprint density at radius 1 is 0.412 bits per heavy atom. The number of hydrogen-bond donors (Lipinski definition) is 0. The van der Waals surface area contributed by atoms with Crippen molar-refractivity contribution in [3.05, 3.63) is 204 Å². The van der Waals surface area contributed by atoms with Gasteiger partial charge in [-0.3, -0.25) is 4.57 Å². The average molecular weight is 893 g/mol. The van der Waals surface area contributed by atoms with Crippen molar-refractivity contribution in [1.82, 2.24) is 9.55 Å². The fraction of sp³-hybridized carbons (Fsp3) is 0.254. The first kappa shape index (κ1) is 44.7. The molecule has 0 bridgehead atoms. The maximum atomic E-state index is 7.14. The van der Waals surface area contributed by atoms with Gasteiger partial charge in [-0.15, -0.1) is 0 Å². The van der Waals surface area contributed by atoms with E-state index in [0.29, 0.717) is 6.67 Å². The van der Waals surface area contributed by atoms with Crippen LogP contribution in [0.5, 0.6) is 11.5 Å². The van der Waals surface area contributed by atoms with Gasteiger partial charge in [-0.05, 0) is 128 Å². The first-order valence-electron chi connectivity index (χ1n) is 24.1. The minimum absolute atomic E-state index is 0.000763. The summed E-state index contributed by atoms with van der Waals surface area (Å²) in [6, 6.07) is 62.1. The van der Waals surface area contributed by atoms with Gasteiger partial charge in [0, 0.05) is 45.9 Å². The number of hydrogen-bond acceptors (Lipinski definition) is 4. The minimum Gasteiger partial charge on any atom is -0.457 e. The van der Waals surface area contributed by atoms with Crippen molar-refractivity contribution in [2.75, 3.05) is 16.5 Å². The lowest BCUT2D eigenvalue weighted by molar-refractivity contribution is 0.480. The third-order valence-electron chi connectivity index (χ3n) is 14.0. The highest BCUT2D eigenvalue weighted by Gasteiger charge is 2.32. The molecule has 0 aliphatic carbocycles. The molecule has 0 radical (unpaired) electrons. The summed E-state index contributed by atoms with van der Waals surface area (Å²) >= 11 is 0. The van der Waals surface area contributed by atoms with Gasteiger partial charge in [-0.2, -0.15) is 0 Å². The first-order valence-corrected chi connectivity index (χ1v) is 24.1. The van der Waals surface area contributed by atoms with Gasteiger partial charge < -0.3 is 14.5 Å². The predicted molar refractivity (Wildman–Crippen MR) is 287 cm³/mol. The van der Waals surface area contributed by atoms with Crippen LogP contribution in [0.1, 0.15) is 104 Å². The molecule has 1 aliphatic rings. The lowest BCUT2D eigenvalue weighted by Gasteiger charge is -2.29. The van der Waals surface area contributed by atoms with Crippen LogP contribution in [-0.2, 0) is 21.7 Å².